The second-order valence-electron chi connectivity index (χ2n) is 5.34. The lowest BCUT2D eigenvalue weighted by Crippen LogP contribution is -2.30. The summed E-state index contributed by atoms with van der Waals surface area (Å²) in [5.74, 6) is 0.978. The first-order chi connectivity index (χ1) is 10.2. The molecule has 1 aliphatic heterocycles. The van der Waals surface area contributed by atoms with Gasteiger partial charge in [0, 0.05) is 19.6 Å². The number of thiophene rings is 1. The number of hydrogen-bond acceptors (Lipinski definition) is 5. The van der Waals surface area contributed by atoms with Crippen LogP contribution in [-0.4, -0.2) is 35.5 Å². The zero-order valence-corrected chi connectivity index (χ0v) is 13.3. The fourth-order valence-electron chi connectivity index (χ4n) is 2.86. The maximum absolute atomic E-state index is 12.2. The largest absolute Gasteiger partial charge is 0.356 e. The minimum Gasteiger partial charge on any atom is -0.356 e. The third-order valence-electron chi connectivity index (χ3n) is 3.91. The molecule has 1 N–H and O–H groups in total. The standard InChI is InChI=1S/C15H20N4OS/c1-3-16-14(20)12-10(2)11-13(17-9-18-15(11)21-12)19-7-5-4-6-8-19/h9H,3-8H2,1-2H3,(H,16,20). The molecule has 2 aromatic heterocycles. The lowest BCUT2D eigenvalue weighted by Gasteiger charge is -2.28. The number of aromatic nitrogens is 2. The molecule has 3 heterocycles. The monoisotopic (exact) mass is 304 g/mol. The SMILES string of the molecule is CCNC(=O)c1sc2ncnc(N3CCCCC3)c2c1C. The Hall–Kier alpha value is -1.69. The van der Waals surface area contributed by atoms with Crippen molar-refractivity contribution < 1.29 is 4.79 Å². The number of amides is 1. The van der Waals surface area contributed by atoms with Crippen LogP contribution in [0, 0.1) is 6.92 Å². The molecule has 2 aromatic rings. The second-order valence-corrected chi connectivity index (χ2v) is 6.34. The summed E-state index contributed by atoms with van der Waals surface area (Å²) in [5.41, 5.74) is 1.00. The maximum atomic E-state index is 12.2. The number of carbonyl (C=O) groups excluding carboxylic acids is 1. The van der Waals surface area contributed by atoms with Crippen LogP contribution in [0.15, 0.2) is 6.33 Å². The van der Waals surface area contributed by atoms with Gasteiger partial charge in [0.1, 0.15) is 17.0 Å². The van der Waals surface area contributed by atoms with Gasteiger partial charge in [-0.15, -0.1) is 11.3 Å². The number of fused-ring (bicyclic) bond motifs is 1. The van der Waals surface area contributed by atoms with Gasteiger partial charge in [-0.1, -0.05) is 0 Å². The topological polar surface area (TPSA) is 58.1 Å². The number of nitrogens with zero attached hydrogens (tertiary/aromatic N) is 3. The van der Waals surface area contributed by atoms with E-state index in [1.807, 2.05) is 13.8 Å². The van der Waals surface area contributed by atoms with Crippen LogP contribution in [0.5, 0.6) is 0 Å². The van der Waals surface area contributed by atoms with E-state index in [-0.39, 0.29) is 5.91 Å². The lowest BCUT2D eigenvalue weighted by molar-refractivity contribution is 0.0959. The van der Waals surface area contributed by atoms with Gasteiger partial charge in [0.2, 0.25) is 0 Å². The van der Waals surface area contributed by atoms with Gasteiger partial charge >= 0.3 is 0 Å². The van der Waals surface area contributed by atoms with Crippen LogP contribution in [0.1, 0.15) is 41.4 Å². The smallest absolute Gasteiger partial charge is 0.261 e. The van der Waals surface area contributed by atoms with Crippen LogP contribution in [0.4, 0.5) is 5.82 Å². The zero-order chi connectivity index (χ0) is 14.8. The molecule has 0 saturated carbocycles. The molecule has 0 aliphatic carbocycles. The van der Waals surface area contributed by atoms with Crippen molar-refractivity contribution in [2.45, 2.75) is 33.1 Å². The van der Waals surface area contributed by atoms with Crippen molar-refractivity contribution in [3.63, 3.8) is 0 Å². The van der Waals surface area contributed by atoms with E-state index < -0.39 is 0 Å². The average Bonchev–Trinajstić information content (AvgIpc) is 2.86. The molecule has 112 valence electrons. The maximum Gasteiger partial charge on any atom is 0.261 e. The minimum atomic E-state index is -0.0115. The number of piperidine rings is 1. The molecule has 0 atom stereocenters. The van der Waals surface area contributed by atoms with Crippen LogP contribution in [0.2, 0.25) is 0 Å². The molecule has 6 heteroatoms. The molecule has 0 aromatic carbocycles. The fraction of sp³-hybridized carbons (Fsp3) is 0.533. The van der Waals surface area contributed by atoms with Crippen LogP contribution in [-0.2, 0) is 0 Å². The highest BCUT2D eigenvalue weighted by Crippen LogP contribution is 2.35. The molecule has 1 aliphatic rings. The molecule has 0 bridgehead atoms. The Morgan fingerprint density at radius 3 is 2.81 bits per heavy atom. The van der Waals surface area contributed by atoms with Crippen molar-refractivity contribution in [3.8, 4) is 0 Å². The van der Waals surface area contributed by atoms with Crippen LogP contribution in [0.25, 0.3) is 10.2 Å². The van der Waals surface area contributed by atoms with Gasteiger partial charge in [-0.05, 0) is 38.7 Å². The highest BCUT2D eigenvalue weighted by molar-refractivity contribution is 7.20. The van der Waals surface area contributed by atoms with E-state index in [4.69, 9.17) is 0 Å². The Bertz CT molecular complexity index is 661. The number of hydrogen-bond donors (Lipinski definition) is 1. The van der Waals surface area contributed by atoms with Gasteiger partial charge in [0.05, 0.1) is 10.3 Å². The third-order valence-corrected chi connectivity index (χ3v) is 5.10. The first kappa shape index (κ1) is 14.3. The Kier molecular flexibility index (Phi) is 4.05. The van der Waals surface area contributed by atoms with Crippen LogP contribution < -0.4 is 10.2 Å². The average molecular weight is 304 g/mol. The van der Waals surface area contributed by atoms with Crippen molar-refractivity contribution in [2.24, 2.45) is 0 Å². The van der Waals surface area contributed by atoms with Crippen molar-refractivity contribution >= 4 is 33.3 Å². The molecule has 0 spiro atoms. The fourth-order valence-corrected chi connectivity index (χ4v) is 3.92. The second kappa shape index (κ2) is 5.97. The van der Waals surface area contributed by atoms with E-state index >= 15 is 0 Å². The van der Waals surface area contributed by atoms with Crippen molar-refractivity contribution in [1.29, 1.82) is 0 Å². The Morgan fingerprint density at radius 1 is 1.33 bits per heavy atom. The Morgan fingerprint density at radius 2 is 2.10 bits per heavy atom. The summed E-state index contributed by atoms with van der Waals surface area (Å²) in [6, 6.07) is 0. The van der Waals surface area contributed by atoms with Crippen molar-refractivity contribution in [2.75, 3.05) is 24.5 Å². The summed E-state index contributed by atoms with van der Waals surface area (Å²) in [7, 11) is 0. The van der Waals surface area contributed by atoms with E-state index in [2.05, 4.69) is 20.2 Å². The summed E-state index contributed by atoms with van der Waals surface area (Å²) in [6.07, 6.45) is 5.32. The normalized spacial score (nSPS) is 15.4. The first-order valence-electron chi connectivity index (χ1n) is 7.49. The molecule has 5 nitrogen and oxygen atoms in total. The first-order valence-corrected chi connectivity index (χ1v) is 8.31. The summed E-state index contributed by atoms with van der Waals surface area (Å²) in [5, 5.41) is 3.92. The highest BCUT2D eigenvalue weighted by Gasteiger charge is 2.22. The van der Waals surface area contributed by atoms with Gasteiger partial charge in [0.15, 0.2) is 0 Å². The van der Waals surface area contributed by atoms with E-state index in [1.165, 1.54) is 30.6 Å². The Balaban J connectivity index is 2.07. The lowest BCUT2D eigenvalue weighted by atomic mass is 10.1. The van der Waals surface area contributed by atoms with Crippen LogP contribution >= 0.6 is 11.3 Å². The van der Waals surface area contributed by atoms with Gasteiger partial charge in [-0.3, -0.25) is 4.79 Å². The van der Waals surface area contributed by atoms with E-state index in [0.29, 0.717) is 6.54 Å². The number of aryl methyl sites for hydroxylation is 1. The number of carbonyl (C=O) groups is 1. The highest BCUT2D eigenvalue weighted by atomic mass is 32.1. The zero-order valence-electron chi connectivity index (χ0n) is 12.5. The van der Waals surface area contributed by atoms with E-state index in [9.17, 15) is 4.79 Å². The third kappa shape index (κ3) is 2.60. The predicted octanol–water partition coefficient (Wildman–Crippen LogP) is 2.74. The molecular weight excluding hydrogens is 284 g/mol. The van der Waals surface area contributed by atoms with Gasteiger partial charge in [-0.2, -0.15) is 0 Å². The number of nitrogens with one attached hydrogen (secondary N) is 1. The van der Waals surface area contributed by atoms with E-state index in [0.717, 1.165) is 39.6 Å². The van der Waals surface area contributed by atoms with Gasteiger partial charge in [-0.25, -0.2) is 9.97 Å². The van der Waals surface area contributed by atoms with Gasteiger partial charge < -0.3 is 10.2 Å². The molecule has 0 unspecified atom stereocenters. The molecule has 3 rings (SSSR count). The molecule has 1 amide bonds. The van der Waals surface area contributed by atoms with Crippen molar-refractivity contribution in [3.05, 3.63) is 16.8 Å². The Labute approximate surface area is 128 Å². The molecular formula is C15H20N4OS. The quantitative estimate of drug-likeness (QED) is 0.947. The van der Waals surface area contributed by atoms with Crippen molar-refractivity contribution in [1.82, 2.24) is 15.3 Å². The van der Waals surface area contributed by atoms with E-state index in [1.54, 1.807) is 6.33 Å². The summed E-state index contributed by atoms with van der Waals surface area (Å²) in [6.45, 7) is 6.65. The summed E-state index contributed by atoms with van der Waals surface area (Å²) in [4.78, 5) is 25.0. The molecule has 1 fully saturated rings. The minimum absolute atomic E-state index is 0.0115. The molecule has 0 radical (unpaired) electrons. The number of rotatable bonds is 3. The summed E-state index contributed by atoms with van der Waals surface area (Å²) < 4.78 is 0. The van der Waals surface area contributed by atoms with Crippen LogP contribution in [0.3, 0.4) is 0 Å². The molecule has 21 heavy (non-hydrogen) atoms. The summed E-state index contributed by atoms with van der Waals surface area (Å²) >= 11 is 1.46. The van der Waals surface area contributed by atoms with Gasteiger partial charge in [0.25, 0.3) is 5.91 Å². The number of anilines is 1. The molecule has 1 saturated heterocycles. The predicted molar refractivity (Wildman–Crippen MR) is 86.2 cm³/mol.